The van der Waals surface area contributed by atoms with Gasteiger partial charge in [0.15, 0.2) is 17.4 Å². The summed E-state index contributed by atoms with van der Waals surface area (Å²) in [5, 5.41) is 12.3. The van der Waals surface area contributed by atoms with Gasteiger partial charge in [0.05, 0.1) is 23.2 Å². The van der Waals surface area contributed by atoms with Crippen molar-refractivity contribution in [1.29, 1.82) is 0 Å². The van der Waals surface area contributed by atoms with Gasteiger partial charge in [-0.3, -0.25) is 0 Å². The molecule has 10 heteroatoms. The summed E-state index contributed by atoms with van der Waals surface area (Å²) in [6.07, 6.45) is -5.70. The number of anilines is 1. The molecular formula is C16H12BrClF5NO2. The smallest absolute Gasteiger partial charge is 0.416 e. The molecule has 0 heterocycles. The van der Waals surface area contributed by atoms with Crippen LogP contribution in [0.1, 0.15) is 5.56 Å². The van der Waals surface area contributed by atoms with Crippen LogP contribution in [0.15, 0.2) is 34.8 Å². The van der Waals surface area contributed by atoms with Crippen molar-refractivity contribution in [3.8, 4) is 11.5 Å². The molecule has 0 radical (unpaired) electrons. The van der Waals surface area contributed by atoms with E-state index in [-0.39, 0.29) is 30.3 Å². The molecule has 0 saturated carbocycles. The van der Waals surface area contributed by atoms with Crippen molar-refractivity contribution >= 4 is 33.2 Å². The summed E-state index contributed by atoms with van der Waals surface area (Å²) in [4.78, 5) is 0. The molecule has 1 atom stereocenters. The van der Waals surface area contributed by atoms with Crippen LogP contribution in [0.4, 0.5) is 27.6 Å². The van der Waals surface area contributed by atoms with Gasteiger partial charge in [0.2, 0.25) is 0 Å². The van der Waals surface area contributed by atoms with E-state index in [0.717, 1.165) is 0 Å². The van der Waals surface area contributed by atoms with Gasteiger partial charge in [0.25, 0.3) is 0 Å². The van der Waals surface area contributed by atoms with E-state index in [4.69, 9.17) is 16.3 Å². The Hall–Kier alpha value is -1.58. The molecule has 0 spiro atoms. The highest BCUT2D eigenvalue weighted by atomic mass is 79.9. The zero-order chi connectivity index (χ0) is 19.5. The van der Waals surface area contributed by atoms with Crippen molar-refractivity contribution in [3.63, 3.8) is 0 Å². The fraction of sp³-hybridized carbons (Fsp3) is 0.250. The van der Waals surface area contributed by atoms with Gasteiger partial charge in [0.1, 0.15) is 5.75 Å². The molecular weight excluding hydrogens is 449 g/mol. The lowest BCUT2D eigenvalue weighted by Gasteiger charge is -2.15. The van der Waals surface area contributed by atoms with Crippen LogP contribution in [0.5, 0.6) is 11.5 Å². The molecule has 3 nitrogen and oxygen atoms in total. The molecule has 0 aliphatic carbocycles. The highest BCUT2D eigenvalue weighted by Gasteiger charge is 2.33. The molecule has 2 aromatic rings. The summed E-state index contributed by atoms with van der Waals surface area (Å²) in [5.74, 6) is -3.93. The maximum absolute atomic E-state index is 13.9. The molecule has 0 aromatic heterocycles. The van der Waals surface area contributed by atoms with E-state index >= 15 is 0 Å². The molecule has 0 aliphatic rings. The number of nitrogens with one attached hydrogen (secondary N) is 1. The monoisotopic (exact) mass is 459 g/mol. The number of hydrogen-bond acceptors (Lipinski definition) is 3. The number of aliphatic hydroxyl groups is 1. The van der Waals surface area contributed by atoms with E-state index in [0.29, 0.717) is 10.2 Å². The minimum atomic E-state index is -4.88. The predicted molar refractivity (Wildman–Crippen MR) is 90.8 cm³/mol. The number of alkyl halides is 4. The van der Waals surface area contributed by atoms with E-state index in [2.05, 4.69) is 21.2 Å². The first-order valence-electron chi connectivity index (χ1n) is 7.13. The zero-order valence-electron chi connectivity index (χ0n) is 12.9. The fourth-order valence-electron chi connectivity index (χ4n) is 1.92. The molecule has 2 N–H and O–H groups in total. The summed E-state index contributed by atoms with van der Waals surface area (Å²) in [5.41, 5.74) is -1.02. The minimum absolute atomic E-state index is 0.00276. The van der Waals surface area contributed by atoms with Gasteiger partial charge >= 0.3 is 6.18 Å². The Morgan fingerprint density at radius 1 is 1.15 bits per heavy atom. The Bertz CT molecular complexity index is 765. The van der Waals surface area contributed by atoms with Crippen LogP contribution in [-0.2, 0) is 6.18 Å². The van der Waals surface area contributed by atoms with Gasteiger partial charge < -0.3 is 15.2 Å². The molecule has 1 unspecified atom stereocenters. The third-order valence-electron chi connectivity index (χ3n) is 3.19. The second kappa shape index (κ2) is 8.41. The SMILES string of the molecule is OC(CCl)CNc1cc(Oc2c(F)cc(C(F)(F)F)cc2F)ccc1Br. The molecule has 0 aliphatic heterocycles. The van der Waals surface area contributed by atoms with Crippen LogP contribution < -0.4 is 10.1 Å². The van der Waals surface area contributed by atoms with Crippen LogP contribution >= 0.6 is 27.5 Å². The molecule has 2 rings (SSSR count). The van der Waals surface area contributed by atoms with Crippen molar-refractivity contribution < 1.29 is 31.8 Å². The maximum atomic E-state index is 13.9. The summed E-state index contributed by atoms with van der Waals surface area (Å²) >= 11 is 8.73. The molecule has 26 heavy (non-hydrogen) atoms. The topological polar surface area (TPSA) is 41.5 Å². The van der Waals surface area contributed by atoms with Gasteiger partial charge in [-0.1, -0.05) is 0 Å². The van der Waals surface area contributed by atoms with Crippen molar-refractivity contribution in [2.24, 2.45) is 0 Å². The summed E-state index contributed by atoms with van der Waals surface area (Å²) in [6, 6.07) is 4.55. The number of benzene rings is 2. The van der Waals surface area contributed by atoms with Crippen LogP contribution in [0.3, 0.4) is 0 Å². The van der Waals surface area contributed by atoms with Gasteiger partial charge in [0, 0.05) is 17.1 Å². The number of ether oxygens (including phenoxy) is 1. The fourth-order valence-corrected chi connectivity index (χ4v) is 2.42. The van der Waals surface area contributed by atoms with Gasteiger partial charge in [-0.05, 0) is 40.2 Å². The second-order valence-electron chi connectivity index (χ2n) is 5.20. The molecule has 0 fully saturated rings. The first kappa shape index (κ1) is 20.7. The Labute approximate surface area is 158 Å². The van der Waals surface area contributed by atoms with Gasteiger partial charge in [-0.2, -0.15) is 13.2 Å². The van der Waals surface area contributed by atoms with Gasteiger partial charge in [-0.25, -0.2) is 8.78 Å². The quantitative estimate of drug-likeness (QED) is 0.439. The van der Waals surface area contributed by atoms with E-state index in [9.17, 15) is 27.1 Å². The molecule has 0 saturated heterocycles. The van der Waals surface area contributed by atoms with E-state index in [1.54, 1.807) is 0 Å². The summed E-state index contributed by atoms with van der Waals surface area (Å²) in [6.45, 7) is 0.106. The summed E-state index contributed by atoms with van der Waals surface area (Å²) in [7, 11) is 0. The van der Waals surface area contributed by atoms with E-state index in [1.807, 2.05) is 0 Å². The average molecular weight is 461 g/mol. The van der Waals surface area contributed by atoms with E-state index in [1.165, 1.54) is 18.2 Å². The van der Waals surface area contributed by atoms with Crippen molar-refractivity contribution in [2.75, 3.05) is 17.7 Å². The lowest BCUT2D eigenvalue weighted by Crippen LogP contribution is -2.20. The van der Waals surface area contributed by atoms with Gasteiger partial charge in [-0.15, -0.1) is 11.6 Å². The Balaban J connectivity index is 2.26. The average Bonchev–Trinajstić information content (AvgIpc) is 2.56. The normalized spacial score (nSPS) is 12.8. The van der Waals surface area contributed by atoms with Crippen LogP contribution in [0, 0.1) is 11.6 Å². The number of rotatable bonds is 6. The zero-order valence-corrected chi connectivity index (χ0v) is 15.2. The molecule has 2 aromatic carbocycles. The highest BCUT2D eigenvalue weighted by molar-refractivity contribution is 9.10. The third-order valence-corrected chi connectivity index (χ3v) is 4.24. The lowest BCUT2D eigenvalue weighted by atomic mass is 10.2. The number of aliphatic hydroxyl groups excluding tert-OH is 1. The Kier molecular flexibility index (Phi) is 6.70. The van der Waals surface area contributed by atoms with E-state index < -0.39 is 35.2 Å². The number of halogens is 7. The molecule has 142 valence electrons. The minimum Gasteiger partial charge on any atom is -0.451 e. The third kappa shape index (κ3) is 5.21. The molecule has 0 amide bonds. The second-order valence-corrected chi connectivity index (χ2v) is 6.36. The lowest BCUT2D eigenvalue weighted by molar-refractivity contribution is -0.138. The number of hydrogen-bond donors (Lipinski definition) is 2. The Morgan fingerprint density at radius 3 is 2.31 bits per heavy atom. The van der Waals surface area contributed by atoms with Crippen molar-refractivity contribution in [3.05, 3.63) is 52.0 Å². The maximum Gasteiger partial charge on any atom is 0.416 e. The predicted octanol–water partition coefficient (Wildman–Crippen LogP) is 5.55. The summed E-state index contributed by atoms with van der Waals surface area (Å²) < 4.78 is 71.1. The Morgan fingerprint density at radius 2 is 1.77 bits per heavy atom. The highest BCUT2D eigenvalue weighted by Crippen LogP contribution is 2.36. The first-order valence-corrected chi connectivity index (χ1v) is 8.46. The van der Waals surface area contributed by atoms with Crippen LogP contribution in [-0.4, -0.2) is 23.6 Å². The largest absolute Gasteiger partial charge is 0.451 e. The first-order chi connectivity index (χ1) is 12.1. The van der Waals surface area contributed by atoms with Crippen LogP contribution in [0.2, 0.25) is 0 Å². The van der Waals surface area contributed by atoms with Crippen molar-refractivity contribution in [2.45, 2.75) is 12.3 Å². The standard InChI is InChI=1S/C16H12BrClF5NO2/c17-11-2-1-10(5-14(11)24-7-9(25)6-18)26-15-12(19)3-8(4-13(15)20)16(21,22)23/h1-5,9,24-25H,6-7H2. The molecule has 0 bridgehead atoms. The van der Waals surface area contributed by atoms with Crippen LogP contribution in [0.25, 0.3) is 0 Å². The van der Waals surface area contributed by atoms with Crippen molar-refractivity contribution in [1.82, 2.24) is 0 Å².